The minimum atomic E-state index is -5.04. The van der Waals surface area contributed by atoms with E-state index in [-0.39, 0.29) is 30.6 Å². The molecule has 4 aliphatic heterocycles. The van der Waals surface area contributed by atoms with E-state index in [1.807, 2.05) is 65.6 Å². The first-order chi connectivity index (χ1) is 26.8. The lowest BCUT2D eigenvalue weighted by atomic mass is 9.90. The van der Waals surface area contributed by atoms with Crippen LogP contribution in [-0.2, 0) is 28.3 Å². The van der Waals surface area contributed by atoms with E-state index >= 15 is 0 Å². The molecule has 3 atom stereocenters. The lowest BCUT2D eigenvalue weighted by molar-refractivity contribution is -0.143. The van der Waals surface area contributed by atoms with E-state index < -0.39 is 41.0 Å². The summed E-state index contributed by atoms with van der Waals surface area (Å²) in [4.78, 5) is 38.5. The van der Waals surface area contributed by atoms with Crippen molar-refractivity contribution in [2.75, 3.05) is 72.1 Å². The smallest absolute Gasteiger partial charge is 0.379 e. The van der Waals surface area contributed by atoms with E-state index in [1.54, 1.807) is 0 Å². The Kier molecular flexibility index (Phi) is 12.4. The number of hydrogen-bond donors (Lipinski definition) is 0. The number of morpholine rings is 1. The minimum Gasteiger partial charge on any atom is -0.379 e. The number of amides is 2. The third-order valence-electron chi connectivity index (χ3n) is 12.0. The number of benzene rings is 3. The van der Waals surface area contributed by atoms with Gasteiger partial charge in [0.05, 0.1) is 24.3 Å². The van der Waals surface area contributed by atoms with Gasteiger partial charge in [0.15, 0.2) is 0 Å². The van der Waals surface area contributed by atoms with Gasteiger partial charge in [0, 0.05) is 82.6 Å². The lowest BCUT2D eigenvalue weighted by Crippen LogP contribution is -2.59. The van der Waals surface area contributed by atoms with Crippen LogP contribution in [0.25, 0.3) is 0 Å². The van der Waals surface area contributed by atoms with Crippen molar-refractivity contribution in [2.24, 2.45) is 0 Å². The molecular formula is C42H49F6N5O3. The summed E-state index contributed by atoms with van der Waals surface area (Å²) in [6.07, 6.45) is -6.76. The van der Waals surface area contributed by atoms with Crippen molar-refractivity contribution in [2.45, 2.75) is 68.6 Å². The van der Waals surface area contributed by atoms with Crippen LogP contribution in [0.5, 0.6) is 0 Å². The number of halogens is 6. The molecule has 0 radical (unpaired) electrons. The van der Waals surface area contributed by atoms with E-state index in [1.165, 1.54) is 4.90 Å². The van der Waals surface area contributed by atoms with Crippen LogP contribution in [0.15, 0.2) is 78.9 Å². The Bertz CT molecular complexity index is 1740. The summed E-state index contributed by atoms with van der Waals surface area (Å²) >= 11 is 0. The van der Waals surface area contributed by atoms with E-state index in [2.05, 4.69) is 14.7 Å². The molecule has 7 rings (SSSR count). The number of alkyl halides is 6. The fourth-order valence-electron chi connectivity index (χ4n) is 9.03. The molecule has 0 bridgehead atoms. The predicted molar refractivity (Wildman–Crippen MR) is 199 cm³/mol. The van der Waals surface area contributed by atoms with E-state index in [9.17, 15) is 35.9 Å². The van der Waals surface area contributed by atoms with Crippen LogP contribution in [0, 0.1) is 0 Å². The van der Waals surface area contributed by atoms with E-state index in [0.29, 0.717) is 76.8 Å². The molecule has 8 nitrogen and oxygen atoms in total. The molecule has 4 heterocycles. The van der Waals surface area contributed by atoms with Crippen LogP contribution in [0.3, 0.4) is 0 Å². The van der Waals surface area contributed by atoms with Gasteiger partial charge in [0.25, 0.3) is 5.91 Å². The van der Waals surface area contributed by atoms with Gasteiger partial charge in [-0.3, -0.25) is 24.3 Å². The van der Waals surface area contributed by atoms with Gasteiger partial charge < -0.3 is 14.5 Å². The first-order valence-electron chi connectivity index (χ1n) is 19.6. The number of likely N-dealkylation sites (tertiary alicyclic amines) is 2. The van der Waals surface area contributed by atoms with Crippen LogP contribution in [0.2, 0.25) is 0 Å². The standard InChI is InChI=1S/C42H49F6N5O3/c43-41(44,45)33-26-32(27-34(28-33)42(46,47)48)39(54)53-16-13-36(29-37(53)25-30-7-3-1-4-8-30)50-19-17-49(18-20-50)35-11-14-52(15-12-35)40(55)38(31-9-5-2-6-10-31)51-21-23-56-24-22-51/h1-10,26-28,35-38H,11-25,29H2. The number of ether oxygens (including phenoxy) is 1. The molecule has 3 aromatic rings. The first-order valence-corrected chi connectivity index (χ1v) is 19.6. The summed E-state index contributed by atoms with van der Waals surface area (Å²) in [7, 11) is 0. The average Bonchev–Trinajstić information content (AvgIpc) is 3.21. The Labute approximate surface area is 324 Å². The molecule has 0 spiro atoms. The Morgan fingerprint density at radius 1 is 0.661 bits per heavy atom. The summed E-state index contributed by atoms with van der Waals surface area (Å²) in [5.41, 5.74) is -1.66. The molecule has 0 aliphatic carbocycles. The molecule has 56 heavy (non-hydrogen) atoms. The van der Waals surface area contributed by atoms with Crippen molar-refractivity contribution in [3.05, 3.63) is 107 Å². The van der Waals surface area contributed by atoms with Crippen LogP contribution in [0.4, 0.5) is 26.3 Å². The van der Waals surface area contributed by atoms with Crippen molar-refractivity contribution >= 4 is 11.8 Å². The highest BCUT2D eigenvalue weighted by atomic mass is 19.4. The van der Waals surface area contributed by atoms with Crippen molar-refractivity contribution in [1.82, 2.24) is 24.5 Å². The van der Waals surface area contributed by atoms with Crippen LogP contribution >= 0.6 is 0 Å². The SMILES string of the molecule is O=C(C(c1ccccc1)N1CCOCC1)N1CCC(N2CCN(C3CCN(C(=O)c4cc(C(F)(F)F)cc(C(F)(F)F)c4)C(Cc4ccccc4)C3)CC2)CC1. The number of nitrogens with zero attached hydrogens (tertiary/aromatic N) is 5. The minimum absolute atomic E-state index is 0.0565. The monoisotopic (exact) mass is 785 g/mol. The lowest BCUT2D eigenvalue weighted by Gasteiger charge is -2.48. The van der Waals surface area contributed by atoms with Crippen LogP contribution < -0.4 is 0 Å². The number of carbonyl (C=O) groups excluding carboxylic acids is 2. The Balaban J connectivity index is 0.978. The highest BCUT2D eigenvalue weighted by Gasteiger charge is 2.41. The van der Waals surface area contributed by atoms with E-state index in [4.69, 9.17) is 4.74 Å². The number of carbonyl (C=O) groups is 2. The molecule has 0 aromatic heterocycles. The molecule has 3 aromatic carbocycles. The highest BCUT2D eigenvalue weighted by Crippen LogP contribution is 2.38. The molecule has 2 amide bonds. The zero-order valence-corrected chi connectivity index (χ0v) is 31.4. The van der Waals surface area contributed by atoms with Gasteiger partial charge in [0.1, 0.15) is 6.04 Å². The van der Waals surface area contributed by atoms with Crippen molar-refractivity contribution in [3.63, 3.8) is 0 Å². The number of piperazine rings is 1. The predicted octanol–water partition coefficient (Wildman–Crippen LogP) is 6.62. The molecule has 0 N–H and O–H groups in total. The van der Waals surface area contributed by atoms with Crippen molar-refractivity contribution < 1.29 is 40.7 Å². The average molecular weight is 786 g/mol. The molecule has 3 unspecified atom stereocenters. The molecular weight excluding hydrogens is 736 g/mol. The van der Waals surface area contributed by atoms with Gasteiger partial charge in [-0.15, -0.1) is 0 Å². The number of rotatable bonds is 8. The van der Waals surface area contributed by atoms with Crippen LogP contribution in [-0.4, -0.2) is 127 Å². The van der Waals surface area contributed by atoms with Crippen LogP contribution in [0.1, 0.15) is 64.3 Å². The normalized spacial score (nSPS) is 23.2. The zero-order chi connectivity index (χ0) is 39.5. The van der Waals surface area contributed by atoms with Crippen molar-refractivity contribution in [1.29, 1.82) is 0 Å². The molecule has 4 aliphatic rings. The summed E-state index contributed by atoms with van der Waals surface area (Å²) in [6.45, 7) is 7.60. The quantitative estimate of drug-likeness (QED) is 0.240. The Morgan fingerprint density at radius 2 is 1.20 bits per heavy atom. The van der Waals surface area contributed by atoms with Gasteiger partial charge in [-0.25, -0.2) is 0 Å². The maximum atomic E-state index is 14.0. The van der Waals surface area contributed by atoms with Gasteiger partial charge in [-0.2, -0.15) is 26.3 Å². The summed E-state index contributed by atoms with van der Waals surface area (Å²) < 4.78 is 87.7. The van der Waals surface area contributed by atoms with Gasteiger partial charge in [-0.1, -0.05) is 60.7 Å². The van der Waals surface area contributed by atoms with Gasteiger partial charge in [0.2, 0.25) is 5.91 Å². The summed E-state index contributed by atoms with van der Waals surface area (Å²) in [5, 5.41) is 0. The largest absolute Gasteiger partial charge is 0.416 e. The topological polar surface area (TPSA) is 59.6 Å². The molecule has 4 fully saturated rings. The molecule has 14 heteroatoms. The van der Waals surface area contributed by atoms with Gasteiger partial charge >= 0.3 is 12.4 Å². The fourth-order valence-corrected chi connectivity index (χ4v) is 9.03. The maximum absolute atomic E-state index is 14.0. The van der Waals surface area contributed by atoms with Crippen molar-refractivity contribution in [3.8, 4) is 0 Å². The molecule has 0 saturated carbocycles. The Hall–Kier alpha value is -3.98. The molecule has 4 saturated heterocycles. The van der Waals surface area contributed by atoms with Gasteiger partial charge in [-0.05, 0) is 61.4 Å². The molecule has 302 valence electrons. The first kappa shape index (κ1) is 40.2. The second-order valence-electron chi connectivity index (χ2n) is 15.4. The maximum Gasteiger partial charge on any atom is 0.416 e. The third kappa shape index (κ3) is 9.41. The summed E-state index contributed by atoms with van der Waals surface area (Å²) in [6, 6.07) is 20.3. The number of piperidine rings is 2. The third-order valence-corrected chi connectivity index (χ3v) is 12.0. The second-order valence-corrected chi connectivity index (χ2v) is 15.4. The zero-order valence-electron chi connectivity index (χ0n) is 31.4. The second kappa shape index (κ2) is 17.3. The fraction of sp³-hybridized carbons (Fsp3) is 0.524. The summed E-state index contributed by atoms with van der Waals surface area (Å²) in [5.74, 6) is -0.680. The number of hydrogen-bond acceptors (Lipinski definition) is 6. The van der Waals surface area contributed by atoms with E-state index in [0.717, 1.165) is 50.1 Å². The highest BCUT2D eigenvalue weighted by molar-refractivity contribution is 5.95. The Morgan fingerprint density at radius 3 is 1.77 bits per heavy atom.